The van der Waals surface area contributed by atoms with Gasteiger partial charge in [0.15, 0.2) is 0 Å². The van der Waals surface area contributed by atoms with Crippen molar-refractivity contribution in [2.24, 2.45) is 0 Å². The van der Waals surface area contributed by atoms with E-state index in [4.69, 9.17) is 18.9 Å². The first kappa shape index (κ1) is 26.0. The maximum absolute atomic E-state index is 13.6. The Bertz CT molecular complexity index is 1460. The number of para-hydroxylation sites is 4. The lowest BCUT2D eigenvalue weighted by Crippen LogP contribution is -2.66. The molecule has 4 aromatic rings. The second-order valence-electron chi connectivity index (χ2n) is 10.4. The van der Waals surface area contributed by atoms with Crippen molar-refractivity contribution in [2.45, 2.75) is 24.3 Å². The molecule has 8 nitrogen and oxygen atoms in total. The number of fused-ring (bicyclic) bond motifs is 6. The van der Waals surface area contributed by atoms with Crippen LogP contribution in [-0.2, 0) is 9.59 Å². The summed E-state index contributed by atoms with van der Waals surface area (Å²) in [6, 6.07) is 33.3. The molecule has 3 aliphatic rings. The molecule has 2 fully saturated rings. The van der Waals surface area contributed by atoms with Crippen LogP contribution in [0.1, 0.15) is 23.2 Å². The van der Waals surface area contributed by atoms with Crippen LogP contribution in [0.15, 0.2) is 109 Å². The van der Waals surface area contributed by atoms with Gasteiger partial charge in [0, 0.05) is 24.2 Å². The quantitative estimate of drug-likeness (QED) is 0.332. The van der Waals surface area contributed by atoms with Crippen LogP contribution < -0.4 is 18.9 Å². The SMILES string of the molecule is O=C1[C@@H](Oc2ccccc2)[C@H]2c3ccccc3OCCOc3ccccc3[C@@H]3[C@H](Oc4ccccc4)C(=O)N3CCN12. The topological polar surface area (TPSA) is 77.5 Å². The molecule has 0 spiro atoms. The molecule has 212 valence electrons. The smallest absolute Gasteiger partial charge is 0.266 e. The van der Waals surface area contributed by atoms with Gasteiger partial charge in [-0.25, -0.2) is 0 Å². The molecule has 0 bridgehead atoms. The summed E-state index contributed by atoms with van der Waals surface area (Å²) in [6.45, 7) is 1.26. The summed E-state index contributed by atoms with van der Waals surface area (Å²) in [7, 11) is 0. The first-order chi connectivity index (χ1) is 20.7. The molecule has 3 heterocycles. The number of amides is 2. The van der Waals surface area contributed by atoms with E-state index in [0.29, 0.717) is 49.3 Å². The summed E-state index contributed by atoms with van der Waals surface area (Å²) in [5, 5.41) is 0. The lowest BCUT2D eigenvalue weighted by Gasteiger charge is -2.51. The Labute approximate surface area is 244 Å². The van der Waals surface area contributed by atoms with Crippen LogP contribution >= 0.6 is 0 Å². The number of hydrogen-bond donors (Lipinski definition) is 0. The van der Waals surface area contributed by atoms with Crippen molar-refractivity contribution < 1.29 is 28.5 Å². The third kappa shape index (κ3) is 4.68. The molecule has 0 aromatic heterocycles. The van der Waals surface area contributed by atoms with Crippen LogP contribution in [0.4, 0.5) is 0 Å². The van der Waals surface area contributed by atoms with Crippen molar-refractivity contribution >= 4 is 11.8 Å². The molecular formula is C34H30N2O6. The van der Waals surface area contributed by atoms with Crippen LogP contribution in [0.5, 0.6) is 23.0 Å². The minimum absolute atomic E-state index is 0.129. The molecule has 0 aliphatic carbocycles. The molecular weight excluding hydrogens is 532 g/mol. The van der Waals surface area contributed by atoms with E-state index < -0.39 is 12.2 Å². The Kier molecular flexibility index (Phi) is 6.87. The van der Waals surface area contributed by atoms with Crippen molar-refractivity contribution in [3.63, 3.8) is 0 Å². The van der Waals surface area contributed by atoms with Crippen molar-refractivity contribution in [1.82, 2.24) is 9.80 Å². The molecule has 0 saturated carbocycles. The van der Waals surface area contributed by atoms with Gasteiger partial charge in [0.2, 0.25) is 12.2 Å². The monoisotopic (exact) mass is 562 g/mol. The maximum Gasteiger partial charge on any atom is 0.266 e. The fraction of sp³-hybridized carbons (Fsp3) is 0.235. The first-order valence-electron chi connectivity index (χ1n) is 14.2. The van der Waals surface area contributed by atoms with Gasteiger partial charge in [-0.1, -0.05) is 72.8 Å². The highest BCUT2D eigenvalue weighted by Crippen LogP contribution is 2.44. The van der Waals surface area contributed by atoms with E-state index in [-0.39, 0.29) is 23.9 Å². The van der Waals surface area contributed by atoms with Crippen LogP contribution in [0.25, 0.3) is 0 Å². The maximum atomic E-state index is 13.6. The molecule has 3 aliphatic heterocycles. The fourth-order valence-corrected chi connectivity index (χ4v) is 5.95. The number of ether oxygens (including phenoxy) is 4. The van der Waals surface area contributed by atoms with Crippen LogP contribution in [0, 0.1) is 0 Å². The van der Waals surface area contributed by atoms with E-state index in [1.807, 2.05) is 109 Å². The minimum Gasteiger partial charge on any atom is -0.490 e. The van der Waals surface area contributed by atoms with Gasteiger partial charge in [-0.15, -0.1) is 0 Å². The third-order valence-corrected chi connectivity index (χ3v) is 7.97. The third-order valence-electron chi connectivity index (χ3n) is 7.97. The van der Waals surface area contributed by atoms with E-state index in [1.165, 1.54) is 0 Å². The molecule has 7 rings (SSSR count). The van der Waals surface area contributed by atoms with E-state index in [9.17, 15) is 9.59 Å². The molecule has 0 unspecified atom stereocenters. The minimum atomic E-state index is -0.709. The Morgan fingerprint density at radius 1 is 0.524 bits per heavy atom. The summed E-state index contributed by atoms with van der Waals surface area (Å²) in [5.41, 5.74) is 1.71. The Hall–Kier alpha value is -4.98. The van der Waals surface area contributed by atoms with Crippen molar-refractivity contribution in [1.29, 1.82) is 0 Å². The molecule has 4 atom stereocenters. The van der Waals surface area contributed by atoms with E-state index >= 15 is 0 Å². The van der Waals surface area contributed by atoms with Gasteiger partial charge >= 0.3 is 0 Å². The molecule has 42 heavy (non-hydrogen) atoms. The highest BCUT2D eigenvalue weighted by atomic mass is 16.5. The number of nitrogens with zero attached hydrogens (tertiary/aromatic N) is 2. The van der Waals surface area contributed by atoms with Gasteiger partial charge in [0.1, 0.15) is 48.3 Å². The van der Waals surface area contributed by atoms with Crippen molar-refractivity contribution in [2.75, 3.05) is 26.3 Å². The zero-order valence-electron chi connectivity index (χ0n) is 22.9. The van der Waals surface area contributed by atoms with Crippen LogP contribution in [0.3, 0.4) is 0 Å². The molecule has 8 heteroatoms. The normalized spacial score (nSPS) is 23.2. The number of rotatable bonds is 4. The Balaban J connectivity index is 1.21. The first-order valence-corrected chi connectivity index (χ1v) is 14.2. The average Bonchev–Trinajstić information content (AvgIpc) is 3.04. The molecule has 2 amide bonds. The molecule has 4 aromatic carbocycles. The van der Waals surface area contributed by atoms with E-state index in [1.54, 1.807) is 9.80 Å². The summed E-state index contributed by atoms with van der Waals surface area (Å²) >= 11 is 0. The van der Waals surface area contributed by atoms with Crippen molar-refractivity contribution in [3.8, 4) is 23.0 Å². The van der Waals surface area contributed by atoms with Gasteiger partial charge in [-0.2, -0.15) is 0 Å². The standard InChI is InChI=1S/C34H30N2O6/c37-33-31(41-23-11-3-1-4-12-23)29-25-15-7-9-17-27(25)39-21-22-40-28-18-10-8-16-26(28)30-32(42-24-13-5-2-6-14-24)34(38)36(30)20-19-35(29)33/h1-18,29-32H,19-22H2/t29-,30-,31+,32+/m1/s1. The number of benzene rings is 4. The lowest BCUT2D eigenvalue weighted by atomic mass is 9.88. The van der Waals surface area contributed by atoms with Crippen molar-refractivity contribution in [3.05, 3.63) is 120 Å². The highest BCUT2D eigenvalue weighted by molar-refractivity contribution is 5.91. The zero-order valence-corrected chi connectivity index (χ0v) is 22.9. The van der Waals surface area contributed by atoms with Crippen LogP contribution in [-0.4, -0.2) is 60.1 Å². The second kappa shape index (κ2) is 11.1. The van der Waals surface area contributed by atoms with Gasteiger partial charge in [-0.3, -0.25) is 9.59 Å². The number of β-lactam (4-membered cyclic amide) rings is 2. The number of hydrogen-bond acceptors (Lipinski definition) is 6. The predicted octanol–water partition coefficient (Wildman–Crippen LogP) is 4.82. The summed E-state index contributed by atoms with van der Waals surface area (Å²) < 4.78 is 24.8. The lowest BCUT2D eigenvalue weighted by molar-refractivity contribution is -0.172. The van der Waals surface area contributed by atoms with E-state index in [2.05, 4.69) is 0 Å². The largest absolute Gasteiger partial charge is 0.490 e. The summed E-state index contributed by atoms with van der Waals surface area (Å²) in [4.78, 5) is 30.7. The van der Waals surface area contributed by atoms with Gasteiger partial charge in [-0.05, 0) is 36.4 Å². The fourth-order valence-electron chi connectivity index (χ4n) is 5.95. The van der Waals surface area contributed by atoms with Gasteiger partial charge in [0.05, 0.1) is 0 Å². The average molecular weight is 563 g/mol. The van der Waals surface area contributed by atoms with Gasteiger partial charge in [0.25, 0.3) is 11.8 Å². The predicted molar refractivity (Wildman–Crippen MR) is 154 cm³/mol. The molecule has 0 N–H and O–H groups in total. The number of carbonyl (C=O) groups excluding carboxylic acids is 2. The Morgan fingerprint density at radius 3 is 1.33 bits per heavy atom. The molecule has 2 saturated heterocycles. The second-order valence-corrected chi connectivity index (χ2v) is 10.4. The summed E-state index contributed by atoms with van der Waals surface area (Å²) in [5.74, 6) is 2.33. The zero-order chi connectivity index (χ0) is 28.5. The Morgan fingerprint density at radius 2 is 0.905 bits per heavy atom. The van der Waals surface area contributed by atoms with E-state index in [0.717, 1.165) is 11.1 Å². The number of carbonyl (C=O) groups is 2. The molecule has 0 radical (unpaired) electrons. The summed E-state index contributed by atoms with van der Waals surface area (Å²) in [6.07, 6.45) is -1.42. The van der Waals surface area contributed by atoms with Gasteiger partial charge < -0.3 is 28.7 Å². The highest BCUT2D eigenvalue weighted by Gasteiger charge is 2.54. The van der Waals surface area contributed by atoms with Crippen LogP contribution in [0.2, 0.25) is 0 Å².